The van der Waals surface area contributed by atoms with Crippen molar-refractivity contribution in [1.29, 1.82) is 0 Å². The Morgan fingerprint density at radius 3 is 2.50 bits per heavy atom. The number of anilines is 1. The van der Waals surface area contributed by atoms with E-state index in [1.807, 2.05) is 0 Å². The minimum atomic E-state index is -1.29. The van der Waals surface area contributed by atoms with Gasteiger partial charge >= 0.3 is 5.69 Å². The second-order valence-electron chi connectivity index (χ2n) is 4.33. The van der Waals surface area contributed by atoms with Gasteiger partial charge in [-0.15, -0.1) is 0 Å². The van der Waals surface area contributed by atoms with E-state index in [2.05, 4.69) is 10.6 Å². The van der Waals surface area contributed by atoms with E-state index >= 15 is 0 Å². The Kier molecular flexibility index (Phi) is 3.75. The van der Waals surface area contributed by atoms with Crippen LogP contribution < -0.4 is 10.6 Å². The van der Waals surface area contributed by atoms with E-state index in [9.17, 15) is 23.7 Å². The molecule has 0 saturated carbocycles. The van der Waals surface area contributed by atoms with E-state index in [0.29, 0.717) is 30.8 Å². The highest BCUT2D eigenvalue weighted by Crippen LogP contribution is 2.25. The summed E-state index contributed by atoms with van der Waals surface area (Å²) in [6, 6.07) is 1.04. The van der Waals surface area contributed by atoms with Gasteiger partial charge in [0.25, 0.3) is 5.91 Å². The Morgan fingerprint density at radius 1 is 1.35 bits per heavy atom. The lowest BCUT2D eigenvalue weighted by molar-refractivity contribution is -0.387. The zero-order valence-corrected chi connectivity index (χ0v) is 10.5. The molecule has 1 saturated heterocycles. The van der Waals surface area contributed by atoms with Crippen LogP contribution in [0.4, 0.5) is 20.2 Å². The lowest BCUT2D eigenvalue weighted by Crippen LogP contribution is -2.36. The third-order valence-electron chi connectivity index (χ3n) is 3.03. The lowest BCUT2D eigenvalue weighted by atomic mass is 10.0. The number of rotatable bonds is 3. The van der Waals surface area contributed by atoms with Crippen molar-refractivity contribution in [2.45, 2.75) is 6.92 Å². The molecule has 1 amide bonds. The Balaban J connectivity index is 2.27. The van der Waals surface area contributed by atoms with Crippen LogP contribution in [0.15, 0.2) is 23.3 Å². The van der Waals surface area contributed by atoms with Crippen LogP contribution >= 0.6 is 0 Å². The van der Waals surface area contributed by atoms with E-state index in [0.717, 1.165) is 5.57 Å². The molecule has 0 bridgehead atoms. The molecule has 20 heavy (non-hydrogen) atoms. The summed E-state index contributed by atoms with van der Waals surface area (Å²) in [6.45, 7) is 2.72. The number of amides is 1. The summed E-state index contributed by atoms with van der Waals surface area (Å²) in [4.78, 5) is 21.4. The van der Waals surface area contributed by atoms with E-state index in [-0.39, 0.29) is 0 Å². The first-order valence-corrected chi connectivity index (χ1v) is 5.74. The van der Waals surface area contributed by atoms with E-state index in [1.165, 1.54) is 0 Å². The molecule has 0 unspecified atom stereocenters. The average Bonchev–Trinajstić information content (AvgIpc) is 2.29. The van der Waals surface area contributed by atoms with Gasteiger partial charge in [-0.25, -0.2) is 4.39 Å². The van der Waals surface area contributed by atoms with Crippen LogP contribution in [0, 0.1) is 21.7 Å². The number of nitrogens with one attached hydrogen (secondary N) is 2. The van der Waals surface area contributed by atoms with E-state index < -0.39 is 33.8 Å². The van der Waals surface area contributed by atoms with Gasteiger partial charge in [0.1, 0.15) is 5.82 Å². The van der Waals surface area contributed by atoms with Gasteiger partial charge in [0, 0.05) is 30.8 Å². The first kappa shape index (κ1) is 14.1. The van der Waals surface area contributed by atoms with Gasteiger partial charge in [-0.1, -0.05) is 0 Å². The zero-order valence-electron chi connectivity index (χ0n) is 10.5. The van der Waals surface area contributed by atoms with Gasteiger partial charge in [0.15, 0.2) is 0 Å². The highest BCUT2D eigenvalue weighted by Gasteiger charge is 2.21. The van der Waals surface area contributed by atoms with Crippen LogP contribution in [0.1, 0.15) is 6.92 Å². The number of carbonyl (C=O) groups is 1. The Bertz CT molecular complexity index is 623. The summed E-state index contributed by atoms with van der Waals surface area (Å²) in [6.07, 6.45) is 0. The number of hydrogen-bond acceptors (Lipinski definition) is 4. The van der Waals surface area contributed by atoms with Crippen LogP contribution in [-0.2, 0) is 4.79 Å². The van der Waals surface area contributed by atoms with Crippen molar-refractivity contribution in [2.75, 3.05) is 18.4 Å². The van der Waals surface area contributed by atoms with Crippen molar-refractivity contribution in [3.8, 4) is 0 Å². The maximum absolute atomic E-state index is 13.5. The molecule has 0 atom stereocenters. The standard InChI is InChI=1S/C12H11F2N3O3/c1-6(7-4-15-5-7)12(18)16-10-3-11(17(19)20)9(14)2-8(10)13/h2-3,15H,4-5H2,1H3,(H,16,18). The van der Waals surface area contributed by atoms with Crippen molar-refractivity contribution in [2.24, 2.45) is 0 Å². The van der Waals surface area contributed by atoms with Gasteiger partial charge in [-0.3, -0.25) is 14.9 Å². The summed E-state index contributed by atoms with van der Waals surface area (Å²) in [5, 5.41) is 15.7. The largest absolute Gasteiger partial charge is 0.320 e. The van der Waals surface area contributed by atoms with Gasteiger partial charge < -0.3 is 10.6 Å². The second-order valence-corrected chi connectivity index (χ2v) is 4.33. The number of nitro groups is 1. The molecule has 8 heteroatoms. The predicted octanol–water partition coefficient (Wildman–Crippen LogP) is 1.73. The fourth-order valence-electron chi connectivity index (χ4n) is 1.67. The SMILES string of the molecule is CC(C(=O)Nc1cc([N+](=O)[O-])c(F)cc1F)=C1CNC1. The summed E-state index contributed by atoms with van der Waals surface area (Å²) < 4.78 is 26.7. The number of benzene rings is 1. The molecule has 106 valence electrons. The highest BCUT2D eigenvalue weighted by molar-refractivity contribution is 6.04. The molecular formula is C12H11F2N3O3. The van der Waals surface area contributed by atoms with Crippen molar-refractivity contribution >= 4 is 17.3 Å². The molecule has 2 rings (SSSR count). The molecule has 1 aromatic rings. The van der Waals surface area contributed by atoms with Crippen molar-refractivity contribution in [3.05, 3.63) is 45.0 Å². The quantitative estimate of drug-likeness (QED) is 0.502. The maximum atomic E-state index is 13.5. The molecule has 0 aromatic heterocycles. The van der Waals surface area contributed by atoms with Crippen LogP contribution in [0.5, 0.6) is 0 Å². The number of halogens is 2. The topological polar surface area (TPSA) is 84.3 Å². The third-order valence-corrected chi connectivity index (χ3v) is 3.03. The first-order chi connectivity index (χ1) is 9.40. The van der Waals surface area contributed by atoms with Crippen molar-refractivity contribution < 1.29 is 18.5 Å². The highest BCUT2D eigenvalue weighted by atomic mass is 19.1. The molecule has 1 heterocycles. The lowest BCUT2D eigenvalue weighted by Gasteiger charge is -2.21. The van der Waals surface area contributed by atoms with Crippen LogP contribution in [0.25, 0.3) is 0 Å². The van der Waals surface area contributed by atoms with Crippen LogP contribution in [0.3, 0.4) is 0 Å². The number of carbonyl (C=O) groups excluding carboxylic acids is 1. The molecule has 0 spiro atoms. The molecule has 6 nitrogen and oxygen atoms in total. The zero-order chi connectivity index (χ0) is 14.9. The summed E-state index contributed by atoms with van der Waals surface area (Å²) in [7, 11) is 0. The van der Waals surface area contributed by atoms with Crippen molar-refractivity contribution in [1.82, 2.24) is 5.32 Å². The third kappa shape index (κ3) is 2.64. The average molecular weight is 283 g/mol. The fourth-order valence-corrected chi connectivity index (χ4v) is 1.67. The van der Waals surface area contributed by atoms with Crippen LogP contribution in [0.2, 0.25) is 0 Å². The Morgan fingerprint density at radius 2 is 2.00 bits per heavy atom. The number of hydrogen-bond donors (Lipinski definition) is 2. The van der Waals surface area contributed by atoms with E-state index in [1.54, 1.807) is 6.92 Å². The van der Waals surface area contributed by atoms with Gasteiger partial charge in [-0.2, -0.15) is 4.39 Å². The van der Waals surface area contributed by atoms with Gasteiger partial charge in [0.05, 0.1) is 10.6 Å². The summed E-state index contributed by atoms with van der Waals surface area (Å²) in [5.74, 6) is -2.92. The minimum Gasteiger partial charge on any atom is -0.320 e. The van der Waals surface area contributed by atoms with Crippen LogP contribution in [-0.4, -0.2) is 23.9 Å². The van der Waals surface area contributed by atoms with Gasteiger partial charge in [-0.05, 0) is 12.5 Å². The Labute approximate surface area is 112 Å². The molecule has 0 aliphatic carbocycles. The smallest absolute Gasteiger partial charge is 0.307 e. The van der Waals surface area contributed by atoms with Gasteiger partial charge in [0.2, 0.25) is 5.82 Å². The molecule has 1 aliphatic rings. The van der Waals surface area contributed by atoms with Crippen molar-refractivity contribution in [3.63, 3.8) is 0 Å². The van der Waals surface area contributed by atoms with E-state index in [4.69, 9.17) is 0 Å². The summed E-state index contributed by atoms with van der Waals surface area (Å²) >= 11 is 0. The maximum Gasteiger partial charge on any atom is 0.307 e. The number of nitrogens with zero attached hydrogens (tertiary/aromatic N) is 1. The predicted molar refractivity (Wildman–Crippen MR) is 67.2 cm³/mol. The monoisotopic (exact) mass is 283 g/mol. The second kappa shape index (κ2) is 5.33. The first-order valence-electron chi connectivity index (χ1n) is 5.74. The normalized spacial score (nSPS) is 13.7. The molecule has 2 N–H and O–H groups in total. The minimum absolute atomic E-state index is 0.376. The molecule has 1 aliphatic heterocycles. The molecule has 1 fully saturated rings. The fraction of sp³-hybridized carbons (Fsp3) is 0.250. The Hall–Kier alpha value is -2.35. The molecular weight excluding hydrogens is 272 g/mol. The number of nitro benzene ring substituents is 1. The summed E-state index contributed by atoms with van der Waals surface area (Å²) in [5.41, 5.74) is -0.0257. The molecule has 0 radical (unpaired) electrons. The molecule has 1 aromatic carbocycles.